The molecule has 0 aliphatic carbocycles. The first-order chi connectivity index (χ1) is 6.29. The molecule has 0 aromatic carbocycles. The monoisotopic (exact) mass is 177 g/mol. The van der Waals surface area contributed by atoms with E-state index in [2.05, 4.69) is 4.98 Å². The maximum Gasteiger partial charge on any atom is 0.217 e. The van der Waals surface area contributed by atoms with E-state index in [1.54, 1.807) is 12.3 Å². The molecule has 0 saturated heterocycles. The third-order valence-corrected chi connectivity index (χ3v) is 1.70. The summed E-state index contributed by atoms with van der Waals surface area (Å²) >= 11 is 0. The Morgan fingerprint density at radius 1 is 1.77 bits per heavy atom. The Balaban J connectivity index is 2.93. The Hall–Kier alpha value is -1.60. The molecule has 1 aromatic rings. The quantitative estimate of drug-likeness (QED) is 0.747. The summed E-state index contributed by atoms with van der Waals surface area (Å²) in [6, 6.07) is 5.27. The molecule has 4 heteroatoms. The molecule has 0 bridgehead atoms. The first-order valence-corrected chi connectivity index (χ1v) is 3.91. The Morgan fingerprint density at radius 3 is 3.15 bits per heavy atom. The molecule has 0 aliphatic rings. The number of nitriles is 1. The van der Waals surface area contributed by atoms with Gasteiger partial charge in [0.1, 0.15) is 0 Å². The lowest BCUT2D eigenvalue weighted by atomic mass is 10.1. The minimum Gasteiger partial charge on any atom is -0.481 e. The SMILES string of the molecule is COc1ncccc1C(N)CC#N. The predicted octanol–water partition coefficient (Wildman–Crippen LogP) is 1.00. The maximum absolute atomic E-state index is 8.47. The third kappa shape index (κ3) is 2.17. The van der Waals surface area contributed by atoms with Crippen LogP contribution in [0.2, 0.25) is 0 Å². The zero-order valence-corrected chi connectivity index (χ0v) is 7.40. The summed E-state index contributed by atoms with van der Waals surface area (Å²) in [5.74, 6) is 0.491. The lowest BCUT2D eigenvalue weighted by molar-refractivity contribution is 0.388. The van der Waals surface area contributed by atoms with Gasteiger partial charge in [-0.05, 0) is 6.07 Å². The lowest BCUT2D eigenvalue weighted by Gasteiger charge is -2.10. The number of methoxy groups -OCH3 is 1. The summed E-state index contributed by atoms with van der Waals surface area (Å²) in [7, 11) is 1.53. The minimum atomic E-state index is -0.325. The molecule has 4 nitrogen and oxygen atoms in total. The summed E-state index contributed by atoms with van der Waals surface area (Å²) < 4.78 is 5.01. The van der Waals surface area contributed by atoms with Crippen LogP contribution in [0.3, 0.4) is 0 Å². The van der Waals surface area contributed by atoms with E-state index in [9.17, 15) is 0 Å². The first-order valence-electron chi connectivity index (χ1n) is 3.91. The Morgan fingerprint density at radius 2 is 2.54 bits per heavy atom. The molecule has 2 N–H and O–H groups in total. The summed E-state index contributed by atoms with van der Waals surface area (Å²) in [4.78, 5) is 3.99. The Bertz CT molecular complexity index is 319. The fourth-order valence-corrected chi connectivity index (χ4v) is 1.06. The normalized spacial score (nSPS) is 11.8. The number of nitrogens with zero attached hydrogens (tertiary/aromatic N) is 2. The average Bonchev–Trinajstić information content (AvgIpc) is 2.18. The van der Waals surface area contributed by atoms with Gasteiger partial charge in [-0.1, -0.05) is 6.07 Å². The molecule has 0 saturated carbocycles. The molecular weight excluding hydrogens is 166 g/mol. The minimum absolute atomic E-state index is 0.266. The number of aromatic nitrogens is 1. The Labute approximate surface area is 77.0 Å². The van der Waals surface area contributed by atoms with Gasteiger partial charge in [-0.15, -0.1) is 0 Å². The van der Waals surface area contributed by atoms with Gasteiger partial charge in [-0.25, -0.2) is 4.98 Å². The zero-order chi connectivity index (χ0) is 9.68. The number of pyridine rings is 1. The fourth-order valence-electron chi connectivity index (χ4n) is 1.06. The molecule has 1 unspecified atom stereocenters. The summed E-state index contributed by atoms with van der Waals surface area (Å²) in [6.07, 6.45) is 1.89. The molecule has 68 valence electrons. The van der Waals surface area contributed by atoms with Crippen molar-refractivity contribution < 1.29 is 4.74 Å². The zero-order valence-electron chi connectivity index (χ0n) is 7.40. The lowest BCUT2D eigenvalue weighted by Crippen LogP contribution is -2.11. The second kappa shape index (κ2) is 4.43. The van der Waals surface area contributed by atoms with Crippen LogP contribution in [0.15, 0.2) is 18.3 Å². The van der Waals surface area contributed by atoms with Gasteiger partial charge in [-0.2, -0.15) is 5.26 Å². The van der Waals surface area contributed by atoms with Crippen molar-refractivity contribution >= 4 is 0 Å². The van der Waals surface area contributed by atoms with Crippen molar-refractivity contribution in [2.24, 2.45) is 5.73 Å². The van der Waals surface area contributed by atoms with E-state index >= 15 is 0 Å². The van der Waals surface area contributed by atoms with Crippen LogP contribution >= 0.6 is 0 Å². The van der Waals surface area contributed by atoms with Crippen LogP contribution in [-0.4, -0.2) is 12.1 Å². The number of ether oxygens (including phenoxy) is 1. The molecule has 1 heterocycles. The van der Waals surface area contributed by atoms with Crippen LogP contribution in [0.4, 0.5) is 0 Å². The number of rotatable bonds is 3. The van der Waals surface area contributed by atoms with E-state index in [1.807, 2.05) is 12.1 Å². The first kappa shape index (κ1) is 9.49. The second-order valence-electron chi connectivity index (χ2n) is 2.57. The summed E-state index contributed by atoms with van der Waals surface area (Å²) in [5.41, 5.74) is 6.51. The van der Waals surface area contributed by atoms with Crippen molar-refractivity contribution in [3.05, 3.63) is 23.9 Å². The van der Waals surface area contributed by atoms with Gasteiger partial charge in [0.15, 0.2) is 0 Å². The average molecular weight is 177 g/mol. The summed E-state index contributed by atoms with van der Waals surface area (Å²) in [5, 5.41) is 8.47. The van der Waals surface area contributed by atoms with Crippen LogP contribution < -0.4 is 10.5 Å². The predicted molar refractivity (Wildman–Crippen MR) is 47.9 cm³/mol. The molecule has 0 radical (unpaired) electrons. The largest absolute Gasteiger partial charge is 0.481 e. The van der Waals surface area contributed by atoms with Crippen LogP contribution in [0.5, 0.6) is 5.88 Å². The van der Waals surface area contributed by atoms with Gasteiger partial charge in [0.2, 0.25) is 5.88 Å². The molecule has 1 atom stereocenters. The molecule has 1 rings (SSSR count). The number of hydrogen-bond acceptors (Lipinski definition) is 4. The summed E-state index contributed by atoms with van der Waals surface area (Å²) in [6.45, 7) is 0. The van der Waals surface area contributed by atoms with Crippen molar-refractivity contribution in [2.45, 2.75) is 12.5 Å². The van der Waals surface area contributed by atoms with Gasteiger partial charge in [0, 0.05) is 17.8 Å². The van der Waals surface area contributed by atoms with Crippen molar-refractivity contribution in [2.75, 3.05) is 7.11 Å². The molecule has 0 spiro atoms. The van der Waals surface area contributed by atoms with Gasteiger partial charge >= 0.3 is 0 Å². The Kier molecular flexibility index (Phi) is 3.23. The topological polar surface area (TPSA) is 71.9 Å². The van der Waals surface area contributed by atoms with Crippen LogP contribution in [0, 0.1) is 11.3 Å². The van der Waals surface area contributed by atoms with Crippen molar-refractivity contribution in [1.29, 1.82) is 5.26 Å². The second-order valence-corrected chi connectivity index (χ2v) is 2.57. The van der Waals surface area contributed by atoms with Crippen LogP contribution in [-0.2, 0) is 0 Å². The number of nitrogens with two attached hydrogens (primary N) is 1. The van der Waals surface area contributed by atoms with E-state index in [-0.39, 0.29) is 12.5 Å². The molecule has 0 fully saturated rings. The highest BCUT2D eigenvalue weighted by Gasteiger charge is 2.11. The smallest absolute Gasteiger partial charge is 0.217 e. The molecule has 0 aliphatic heterocycles. The van der Waals surface area contributed by atoms with E-state index in [0.29, 0.717) is 5.88 Å². The van der Waals surface area contributed by atoms with Crippen molar-refractivity contribution in [3.8, 4) is 11.9 Å². The molecule has 1 aromatic heterocycles. The van der Waals surface area contributed by atoms with Crippen LogP contribution in [0.1, 0.15) is 18.0 Å². The van der Waals surface area contributed by atoms with Crippen molar-refractivity contribution in [1.82, 2.24) is 4.98 Å². The molecular formula is C9H11N3O. The highest BCUT2D eigenvalue weighted by molar-refractivity contribution is 5.29. The van der Waals surface area contributed by atoms with Gasteiger partial charge in [0.25, 0.3) is 0 Å². The van der Waals surface area contributed by atoms with Gasteiger partial charge < -0.3 is 10.5 Å². The van der Waals surface area contributed by atoms with E-state index in [0.717, 1.165) is 5.56 Å². The van der Waals surface area contributed by atoms with Crippen molar-refractivity contribution in [3.63, 3.8) is 0 Å². The maximum atomic E-state index is 8.47. The molecule has 13 heavy (non-hydrogen) atoms. The fraction of sp³-hybridized carbons (Fsp3) is 0.333. The van der Waals surface area contributed by atoms with Crippen LogP contribution in [0.25, 0.3) is 0 Å². The van der Waals surface area contributed by atoms with E-state index in [1.165, 1.54) is 7.11 Å². The third-order valence-electron chi connectivity index (χ3n) is 1.70. The highest BCUT2D eigenvalue weighted by Crippen LogP contribution is 2.21. The van der Waals surface area contributed by atoms with E-state index in [4.69, 9.17) is 15.7 Å². The molecule has 0 amide bonds. The highest BCUT2D eigenvalue weighted by atomic mass is 16.5. The standard InChI is InChI=1S/C9H11N3O/c1-13-9-7(3-2-6-12-9)8(11)4-5-10/h2-3,6,8H,4,11H2,1H3. The van der Waals surface area contributed by atoms with E-state index < -0.39 is 0 Å². The number of hydrogen-bond donors (Lipinski definition) is 1. The van der Waals surface area contributed by atoms with Gasteiger partial charge in [0.05, 0.1) is 19.6 Å². The van der Waals surface area contributed by atoms with Gasteiger partial charge in [-0.3, -0.25) is 0 Å².